The van der Waals surface area contributed by atoms with Crippen LogP contribution in [0.25, 0.3) is 0 Å². The summed E-state index contributed by atoms with van der Waals surface area (Å²) < 4.78 is 5.76. The van der Waals surface area contributed by atoms with E-state index in [2.05, 4.69) is 5.32 Å². The van der Waals surface area contributed by atoms with Gasteiger partial charge >= 0.3 is 5.97 Å². The number of hydrogen-bond donors (Lipinski definition) is 3. The maximum Gasteiger partial charge on any atom is 0.322 e. The molecule has 1 fully saturated rings. The van der Waals surface area contributed by atoms with Gasteiger partial charge in [0, 0.05) is 19.5 Å². The molecule has 1 aliphatic carbocycles. The molecule has 150 valence electrons. The number of aliphatic hydroxyl groups excluding tert-OH is 1. The number of hydrogen-bond acceptors (Lipinski definition) is 5. The summed E-state index contributed by atoms with van der Waals surface area (Å²) in [5, 5.41) is 20.7. The van der Waals surface area contributed by atoms with Crippen molar-refractivity contribution < 1.29 is 29.3 Å². The SMILES string of the molecule is O=C(O)CNC(=O)C1=C(O)CCN(Cc2ccc(OCC3CCC3)cc2)C1=O. The van der Waals surface area contributed by atoms with E-state index in [1.165, 1.54) is 24.2 Å². The summed E-state index contributed by atoms with van der Waals surface area (Å²) in [4.78, 5) is 36.7. The van der Waals surface area contributed by atoms with E-state index in [4.69, 9.17) is 9.84 Å². The highest BCUT2D eigenvalue weighted by Crippen LogP contribution is 2.27. The summed E-state index contributed by atoms with van der Waals surface area (Å²) in [5.41, 5.74) is 0.476. The first kappa shape index (κ1) is 19.7. The predicted molar refractivity (Wildman–Crippen MR) is 99.6 cm³/mol. The monoisotopic (exact) mass is 388 g/mol. The van der Waals surface area contributed by atoms with Crippen LogP contribution in [0.5, 0.6) is 5.75 Å². The van der Waals surface area contributed by atoms with E-state index >= 15 is 0 Å². The van der Waals surface area contributed by atoms with Crippen LogP contribution in [0.15, 0.2) is 35.6 Å². The van der Waals surface area contributed by atoms with Crippen molar-refractivity contribution in [3.8, 4) is 5.75 Å². The predicted octanol–water partition coefficient (Wildman–Crippen LogP) is 1.61. The number of carboxylic acid groups (broad SMARTS) is 1. The minimum atomic E-state index is -1.23. The summed E-state index contributed by atoms with van der Waals surface area (Å²) in [6.45, 7) is 0.666. The van der Waals surface area contributed by atoms with Gasteiger partial charge in [-0.2, -0.15) is 0 Å². The number of rotatable bonds is 8. The average molecular weight is 388 g/mol. The number of aliphatic carboxylic acids is 1. The van der Waals surface area contributed by atoms with Crippen molar-refractivity contribution in [3.05, 3.63) is 41.2 Å². The fraction of sp³-hybridized carbons (Fsp3) is 0.450. The number of nitrogens with one attached hydrogen (secondary N) is 1. The third kappa shape index (κ3) is 4.82. The van der Waals surface area contributed by atoms with E-state index in [0.717, 1.165) is 17.9 Å². The van der Waals surface area contributed by atoms with E-state index in [1.54, 1.807) is 0 Å². The van der Waals surface area contributed by atoms with Gasteiger partial charge in [0.05, 0.1) is 6.61 Å². The third-order valence-corrected chi connectivity index (χ3v) is 5.04. The molecule has 1 aliphatic heterocycles. The molecular formula is C20H24N2O6. The molecule has 0 saturated heterocycles. The number of carbonyl (C=O) groups excluding carboxylic acids is 2. The Morgan fingerprint density at radius 1 is 1.21 bits per heavy atom. The molecule has 3 rings (SSSR count). The highest BCUT2D eigenvalue weighted by Gasteiger charge is 2.32. The van der Waals surface area contributed by atoms with Crippen LogP contribution in [0.3, 0.4) is 0 Å². The van der Waals surface area contributed by atoms with Gasteiger partial charge in [0.15, 0.2) is 0 Å². The Morgan fingerprint density at radius 2 is 1.93 bits per heavy atom. The van der Waals surface area contributed by atoms with Gasteiger partial charge in [0.25, 0.3) is 11.8 Å². The summed E-state index contributed by atoms with van der Waals surface area (Å²) in [5.74, 6) is -1.61. The van der Waals surface area contributed by atoms with Crippen LogP contribution >= 0.6 is 0 Å². The molecule has 0 bridgehead atoms. The Kier molecular flexibility index (Phi) is 6.18. The zero-order chi connectivity index (χ0) is 20.1. The lowest BCUT2D eigenvalue weighted by Gasteiger charge is -2.28. The number of benzene rings is 1. The average Bonchev–Trinajstić information content (AvgIpc) is 2.62. The van der Waals surface area contributed by atoms with Gasteiger partial charge in [-0.05, 0) is 36.5 Å². The van der Waals surface area contributed by atoms with E-state index in [-0.39, 0.29) is 25.3 Å². The maximum absolute atomic E-state index is 12.6. The normalized spacial score (nSPS) is 17.3. The Morgan fingerprint density at radius 3 is 2.54 bits per heavy atom. The first-order valence-electron chi connectivity index (χ1n) is 9.37. The minimum Gasteiger partial charge on any atom is -0.511 e. The van der Waals surface area contributed by atoms with Gasteiger partial charge in [-0.3, -0.25) is 14.4 Å². The Balaban J connectivity index is 1.58. The number of ether oxygens (including phenoxy) is 1. The number of nitrogens with zero attached hydrogens (tertiary/aromatic N) is 1. The van der Waals surface area contributed by atoms with Gasteiger partial charge in [-0.15, -0.1) is 0 Å². The van der Waals surface area contributed by atoms with Crippen LogP contribution in [0, 0.1) is 5.92 Å². The third-order valence-electron chi connectivity index (χ3n) is 5.04. The summed E-state index contributed by atoms with van der Waals surface area (Å²) in [6.07, 6.45) is 3.86. The topological polar surface area (TPSA) is 116 Å². The molecule has 8 heteroatoms. The molecule has 1 aromatic rings. The van der Waals surface area contributed by atoms with Crippen LogP contribution in [0.1, 0.15) is 31.2 Å². The molecule has 2 amide bonds. The van der Waals surface area contributed by atoms with Crippen LogP contribution in [0.4, 0.5) is 0 Å². The van der Waals surface area contributed by atoms with Gasteiger partial charge in [0.1, 0.15) is 23.6 Å². The highest BCUT2D eigenvalue weighted by atomic mass is 16.5. The van der Waals surface area contributed by atoms with Crippen molar-refractivity contribution in [3.63, 3.8) is 0 Å². The molecule has 1 heterocycles. The molecule has 1 aromatic carbocycles. The molecule has 0 atom stereocenters. The van der Waals surface area contributed by atoms with Crippen LogP contribution in [-0.4, -0.2) is 52.6 Å². The van der Waals surface area contributed by atoms with Crippen molar-refractivity contribution in [1.82, 2.24) is 10.2 Å². The van der Waals surface area contributed by atoms with Crippen molar-refractivity contribution in [2.75, 3.05) is 19.7 Å². The summed E-state index contributed by atoms with van der Waals surface area (Å²) in [6, 6.07) is 7.45. The number of carbonyl (C=O) groups is 3. The second kappa shape index (κ2) is 8.77. The first-order chi connectivity index (χ1) is 13.4. The molecule has 0 aromatic heterocycles. The van der Waals surface area contributed by atoms with E-state index in [0.29, 0.717) is 5.92 Å². The number of aliphatic hydroxyl groups is 1. The summed E-state index contributed by atoms with van der Waals surface area (Å²) in [7, 11) is 0. The lowest BCUT2D eigenvalue weighted by Crippen LogP contribution is -2.43. The molecule has 28 heavy (non-hydrogen) atoms. The van der Waals surface area contributed by atoms with E-state index < -0.39 is 29.9 Å². The van der Waals surface area contributed by atoms with Crippen molar-refractivity contribution >= 4 is 17.8 Å². The molecule has 8 nitrogen and oxygen atoms in total. The van der Waals surface area contributed by atoms with Gasteiger partial charge in [-0.25, -0.2) is 0 Å². The van der Waals surface area contributed by atoms with Crippen LogP contribution < -0.4 is 10.1 Å². The first-order valence-corrected chi connectivity index (χ1v) is 9.37. The molecular weight excluding hydrogens is 364 g/mol. The van der Waals surface area contributed by atoms with E-state index in [1.807, 2.05) is 24.3 Å². The van der Waals surface area contributed by atoms with Crippen molar-refractivity contribution in [1.29, 1.82) is 0 Å². The van der Waals surface area contributed by atoms with Crippen LogP contribution in [-0.2, 0) is 20.9 Å². The quantitative estimate of drug-likeness (QED) is 0.583. The van der Waals surface area contributed by atoms with E-state index in [9.17, 15) is 19.5 Å². The van der Waals surface area contributed by atoms with Gasteiger partial charge in [-0.1, -0.05) is 18.6 Å². The molecule has 0 spiro atoms. The second-order valence-electron chi connectivity index (χ2n) is 7.13. The largest absolute Gasteiger partial charge is 0.511 e. The van der Waals surface area contributed by atoms with Crippen LogP contribution in [0.2, 0.25) is 0 Å². The molecule has 0 radical (unpaired) electrons. The second-order valence-corrected chi connectivity index (χ2v) is 7.13. The molecule has 1 saturated carbocycles. The molecule has 3 N–H and O–H groups in total. The number of carboxylic acids is 1. The molecule has 2 aliphatic rings. The standard InChI is InChI=1S/C20H24N2O6/c23-16-8-9-22(20(27)18(16)19(26)21-10-17(24)25)11-13-4-6-15(7-5-13)28-12-14-2-1-3-14/h4-7,14,23H,1-3,8-12H2,(H,21,26)(H,24,25). The lowest BCUT2D eigenvalue weighted by molar-refractivity contribution is -0.138. The smallest absolute Gasteiger partial charge is 0.322 e. The van der Waals surface area contributed by atoms with Gasteiger partial charge < -0.3 is 25.2 Å². The Hall–Kier alpha value is -3.03. The maximum atomic E-state index is 12.6. The molecule has 0 unspecified atom stereocenters. The van der Waals surface area contributed by atoms with Crippen molar-refractivity contribution in [2.45, 2.75) is 32.2 Å². The van der Waals surface area contributed by atoms with Gasteiger partial charge in [0.2, 0.25) is 0 Å². The number of amides is 2. The minimum absolute atomic E-state index is 0.143. The highest BCUT2D eigenvalue weighted by molar-refractivity contribution is 6.19. The fourth-order valence-corrected chi connectivity index (χ4v) is 3.16. The van der Waals surface area contributed by atoms with Crippen molar-refractivity contribution in [2.24, 2.45) is 5.92 Å². The zero-order valence-corrected chi connectivity index (χ0v) is 15.5. The lowest BCUT2D eigenvalue weighted by atomic mass is 9.86. The Bertz CT molecular complexity index is 782. The summed E-state index contributed by atoms with van der Waals surface area (Å²) >= 11 is 0. The zero-order valence-electron chi connectivity index (χ0n) is 15.5. The Labute approximate surface area is 162 Å². The fourth-order valence-electron chi connectivity index (χ4n) is 3.16.